The summed E-state index contributed by atoms with van der Waals surface area (Å²) in [4.78, 5) is 11.8. The zero-order valence-electron chi connectivity index (χ0n) is 15.1. The molecule has 0 radical (unpaired) electrons. The highest BCUT2D eigenvalue weighted by atomic mass is 32.2. The maximum atomic E-state index is 12.9. The van der Waals surface area contributed by atoms with E-state index in [1.54, 1.807) is 12.1 Å². The Bertz CT molecular complexity index is 881. The Morgan fingerprint density at radius 2 is 1.67 bits per heavy atom. The Labute approximate surface area is 157 Å². The molecule has 2 aromatic carbocycles. The van der Waals surface area contributed by atoms with Gasteiger partial charge >= 0.3 is 0 Å². The number of ether oxygens (including phenoxy) is 1. The summed E-state index contributed by atoms with van der Waals surface area (Å²) in [5, 5.41) is 8.84. The molecule has 0 aliphatic rings. The molecule has 27 heavy (non-hydrogen) atoms. The fourth-order valence-corrected chi connectivity index (χ4v) is 3.32. The second-order valence-electron chi connectivity index (χ2n) is 6.50. The van der Waals surface area contributed by atoms with Gasteiger partial charge in [-0.2, -0.15) is 0 Å². The molecule has 0 aromatic heterocycles. The second-order valence-corrected chi connectivity index (χ2v) is 8.95. The molecule has 0 saturated heterocycles. The predicted octanol–water partition coefficient (Wildman–Crippen LogP) is 2.65. The number of amides is 1. The van der Waals surface area contributed by atoms with Crippen molar-refractivity contribution in [3.63, 3.8) is 0 Å². The van der Waals surface area contributed by atoms with Crippen molar-refractivity contribution in [2.75, 3.05) is 6.26 Å². The molecule has 0 bridgehead atoms. The number of benzene rings is 2. The van der Waals surface area contributed by atoms with Crippen molar-refractivity contribution in [1.82, 2.24) is 5.48 Å². The summed E-state index contributed by atoms with van der Waals surface area (Å²) in [5.41, 5.74) is 3.17. The van der Waals surface area contributed by atoms with Crippen molar-refractivity contribution < 1.29 is 27.5 Å². The third kappa shape index (κ3) is 5.27. The van der Waals surface area contributed by atoms with Crippen molar-refractivity contribution in [2.45, 2.75) is 31.1 Å². The van der Waals surface area contributed by atoms with Crippen LogP contribution in [0.2, 0.25) is 0 Å². The van der Waals surface area contributed by atoms with Crippen LogP contribution in [-0.4, -0.2) is 30.5 Å². The van der Waals surface area contributed by atoms with Crippen LogP contribution in [0, 0.1) is 5.82 Å². The Morgan fingerprint density at radius 1 is 1.11 bits per heavy atom. The van der Waals surface area contributed by atoms with Gasteiger partial charge in [-0.15, -0.1) is 0 Å². The van der Waals surface area contributed by atoms with E-state index in [0.717, 1.165) is 17.4 Å². The maximum absolute atomic E-state index is 12.9. The summed E-state index contributed by atoms with van der Waals surface area (Å²) in [6.45, 7) is 1.60. The molecule has 8 heteroatoms. The Kier molecular flexibility index (Phi) is 6.56. The van der Waals surface area contributed by atoms with Gasteiger partial charge in [0.25, 0.3) is 5.91 Å². The Morgan fingerprint density at radius 3 is 2.19 bits per heavy atom. The van der Waals surface area contributed by atoms with Crippen molar-refractivity contribution >= 4 is 15.7 Å². The fourth-order valence-electron chi connectivity index (χ4n) is 2.47. The van der Waals surface area contributed by atoms with Gasteiger partial charge in [0.1, 0.15) is 22.9 Å². The van der Waals surface area contributed by atoms with Gasteiger partial charge in [0.05, 0.1) is 0 Å². The van der Waals surface area contributed by atoms with E-state index < -0.39 is 20.5 Å². The van der Waals surface area contributed by atoms with Crippen LogP contribution in [0.1, 0.15) is 24.5 Å². The van der Waals surface area contributed by atoms with E-state index in [1.165, 1.54) is 24.5 Å². The molecule has 1 atom stereocenters. The highest BCUT2D eigenvalue weighted by Gasteiger charge is 2.43. The molecule has 146 valence electrons. The van der Waals surface area contributed by atoms with E-state index in [-0.39, 0.29) is 12.2 Å². The van der Waals surface area contributed by atoms with E-state index in [1.807, 2.05) is 24.3 Å². The van der Waals surface area contributed by atoms with E-state index in [4.69, 9.17) is 9.94 Å². The van der Waals surface area contributed by atoms with Crippen LogP contribution in [0.4, 0.5) is 4.39 Å². The molecular formula is C19H22FNO5S. The zero-order valence-corrected chi connectivity index (χ0v) is 15.9. The van der Waals surface area contributed by atoms with Gasteiger partial charge in [0.15, 0.2) is 9.84 Å². The maximum Gasteiger partial charge on any atom is 0.264 e. The number of aryl methyl sites for hydroxylation is 1. The summed E-state index contributed by atoms with van der Waals surface area (Å²) in [6.07, 6.45) is 1.35. The minimum atomic E-state index is -3.72. The average molecular weight is 395 g/mol. The first-order valence-corrected chi connectivity index (χ1v) is 10.2. The Balaban J connectivity index is 1.98. The average Bonchev–Trinajstić information content (AvgIpc) is 2.64. The molecule has 6 nitrogen and oxygen atoms in total. The molecule has 1 amide bonds. The molecule has 0 aliphatic carbocycles. The Hall–Kier alpha value is -2.45. The highest BCUT2D eigenvalue weighted by molar-refractivity contribution is 7.92. The van der Waals surface area contributed by atoms with Crippen LogP contribution < -0.4 is 10.2 Å². The highest BCUT2D eigenvalue weighted by Crippen LogP contribution is 2.24. The van der Waals surface area contributed by atoms with Gasteiger partial charge in [-0.05, 0) is 55.2 Å². The third-order valence-corrected chi connectivity index (χ3v) is 6.56. The second kappa shape index (κ2) is 8.49. The van der Waals surface area contributed by atoms with Crippen molar-refractivity contribution in [1.29, 1.82) is 0 Å². The van der Waals surface area contributed by atoms with Gasteiger partial charge in [-0.25, -0.2) is 18.3 Å². The molecule has 0 fully saturated rings. The van der Waals surface area contributed by atoms with Crippen molar-refractivity contribution in [2.24, 2.45) is 0 Å². The van der Waals surface area contributed by atoms with E-state index >= 15 is 0 Å². The van der Waals surface area contributed by atoms with Gasteiger partial charge in [-0.1, -0.05) is 24.3 Å². The van der Waals surface area contributed by atoms with Crippen LogP contribution >= 0.6 is 0 Å². The summed E-state index contributed by atoms with van der Waals surface area (Å²) in [5.74, 6) is -0.726. The number of hydroxylamine groups is 1. The lowest BCUT2D eigenvalue weighted by atomic mass is 9.99. The first-order valence-electron chi connectivity index (χ1n) is 8.26. The standard InChI is InChI=1S/C19H22FNO5S/c1-19(18(22)21-23,27(2,24)25)12-11-14-3-5-15(6-4-14)13-26-17-9-7-16(20)8-10-17/h3-10,23H,11-13H2,1-2H3,(H,21,22). The fraction of sp³-hybridized carbons (Fsp3) is 0.316. The number of nitrogens with one attached hydrogen (secondary N) is 1. The molecule has 0 saturated carbocycles. The lowest BCUT2D eigenvalue weighted by molar-refractivity contribution is -0.131. The van der Waals surface area contributed by atoms with Gasteiger partial charge in [0.2, 0.25) is 0 Å². The minimum absolute atomic E-state index is 0.0314. The van der Waals surface area contributed by atoms with Crippen LogP contribution in [0.5, 0.6) is 5.75 Å². The summed E-state index contributed by atoms with van der Waals surface area (Å²) < 4.78 is 40.6. The quantitative estimate of drug-likeness (QED) is 0.530. The van der Waals surface area contributed by atoms with Crippen molar-refractivity contribution in [3.8, 4) is 5.75 Å². The van der Waals surface area contributed by atoms with Crippen LogP contribution in [0.3, 0.4) is 0 Å². The summed E-state index contributed by atoms with van der Waals surface area (Å²) in [6, 6.07) is 13.0. The number of carbonyl (C=O) groups is 1. The van der Waals surface area contributed by atoms with Crippen LogP contribution in [-0.2, 0) is 27.7 Å². The third-order valence-electron chi connectivity index (χ3n) is 4.53. The largest absolute Gasteiger partial charge is 0.489 e. The predicted molar refractivity (Wildman–Crippen MR) is 98.7 cm³/mol. The molecule has 0 heterocycles. The van der Waals surface area contributed by atoms with Crippen molar-refractivity contribution in [3.05, 3.63) is 65.5 Å². The first-order chi connectivity index (χ1) is 12.7. The summed E-state index contributed by atoms with van der Waals surface area (Å²) >= 11 is 0. The lowest BCUT2D eigenvalue weighted by Gasteiger charge is -2.25. The molecule has 2 aromatic rings. The number of sulfone groups is 1. The topological polar surface area (TPSA) is 92.7 Å². The zero-order chi connectivity index (χ0) is 20.1. The normalized spacial score (nSPS) is 13.6. The van der Waals surface area contributed by atoms with E-state index in [0.29, 0.717) is 18.8 Å². The number of carbonyl (C=O) groups excluding carboxylic acids is 1. The summed E-state index contributed by atoms with van der Waals surface area (Å²) in [7, 11) is -3.72. The smallest absolute Gasteiger partial charge is 0.264 e. The number of hydrogen-bond acceptors (Lipinski definition) is 5. The van der Waals surface area contributed by atoms with E-state index in [9.17, 15) is 17.6 Å². The molecule has 0 aliphatic heterocycles. The van der Waals surface area contributed by atoms with E-state index in [2.05, 4.69) is 0 Å². The first kappa shape index (κ1) is 20.9. The molecule has 1 unspecified atom stereocenters. The minimum Gasteiger partial charge on any atom is -0.489 e. The lowest BCUT2D eigenvalue weighted by Crippen LogP contribution is -2.49. The SMILES string of the molecule is CC(CCc1ccc(COc2ccc(F)cc2)cc1)(C(=O)NO)S(C)(=O)=O. The van der Waals surface area contributed by atoms with Crippen LogP contribution in [0.25, 0.3) is 0 Å². The molecule has 2 N–H and O–H groups in total. The number of rotatable bonds is 8. The molecule has 2 rings (SSSR count). The molecular weight excluding hydrogens is 373 g/mol. The van der Waals surface area contributed by atoms with Gasteiger partial charge in [-0.3, -0.25) is 10.0 Å². The van der Waals surface area contributed by atoms with Gasteiger partial charge < -0.3 is 4.74 Å². The number of hydrogen-bond donors (Lipinski definition) is 2. The monoisotopic (exact) mass is 395 g/mol. The number of halogens is 1. The van der Waals surface area contributed by atoms with Gasteiger partial charge in [0, 0.05) is 6.26 Å². The van der Waals surface area contributed by atoms with Crippen LogP contribution in [0.15, 0.2) is 48.5 Å². The molecule has 0 spiro atoms.